The van der Waals surface area contributed by atoms with E-state index < -0.39 is 12.0 Å². The van der Waals surface area contributed by atoms with Crippen LogP contribution in [0.25, 0.3) is 10.9 Å². The standard InChI is InChI=1S/C18H17NO3/c1-2-22-15-8-9-16-14(12-15)10-11-19(16)17(18(20)21)13-6-4-3-5-7-13/h3-12,17H,2H2,1H3,(H,20,21). The van der Waals surface area contributed by atoms with Gasteiger partial charge in [0.05, 0.1) is 6.61 Å². The molecular formula is C18H17NO3. The highest BCUT2D eigenvalue weighted by Crippen LogP contribution is 2.28. The summed E-state index contributed by atoms with van der Waals surface area (Å²) in [5.41, 5.74) is 1.63. The van der Waals surface area contributed by atoms with Gasteiger partial charge in [0, 0.05) is 17.1 Å². The van der Waals surface area contributed by atoms with Crippen molar-refractivity contribution in [2.24, 2.45) is 0 Å². The molecule has 4 nitrogen and oxygen atoms in total. The summed E-state index contributed by atoms with van der Waals surface area (Å²) in [6.45, 7) is 2.54. The Balaban J connectivity index is 2.09. The van der Waals surface area contributed by atoms with Gasteiger partial charge in [-0.1, -0.05) is 30.3 Å². The molecule has 0 amide bonds. The maximum Gasteiger partial charge on any atom is 0.331 e. The monoisotopic (exact) mass is 295 g/mol. The molecule has 0 aliphatic heterocycles. The smallest absolute Gasteiger partial charge is 0.331 e. The number of aromatic nitrogens is 1. The summed E-state index contributed by atoms with van der Waals surface area (Å²) < 4.78 is 7.27. The molecule has 0 radical (unpaired) electrons. The lowest BCUT2D eigenvalue weighted by Gasteiger charge is -2.16. The quantitative estimate of drug-likeness (QED) is 0.780. The predicted octanol–water partition coefficient (Wildman–Crippen LogP) is 3.71. The molecule has 0 spiro atoms. The fourth-order valence-corrected chi connectivity index (χ4v) is 2.68. The van der Waals surface area contributed by atoms with Gasteiger partial charge >= 0.3 is 5.97 Å². The number of hydrogen-bond acceptors (Lipinski definition) is 2. The first-order chi connectivity index (χ1) is 10.7. The van der Waals surface area contributed by atoms with E-state index >= 15 is 0 Å². The Morgan fingerprint density at radius 1 is 1.18 bits per heavy atom. The Hall–Kier alpha value is -2.75. The van der Waals surface area contributed by atoms with Gasteiger partial charge in [0.2, 0.25) is 0 Å². The maximum absolute atomic E-state index is 11.8. The first-order valence-electron chi connectivity index (χ1n) is 7.22. The molecule has 1 N–H and O–H groups in total. The average molecular weight is 295 g/mol. The number of carboxylic acid groups (broad SMARTS) is 1. The van der Waals surface area contributed by atoms with Gasteiger partial charge in [-0.15, -0.1) is 0 Å². The molecule has 0 saturated heterocycles. The fourth-order valence-electron chi connectivity index (χ4n) is 2.68. The Kier molecular flexibility index (Phi) is 3.83. The zero-order valence-electron chi connectivity index (χ0n) is 12.3. The van der Waals surface area contributed by atoms with Crippen molar-refractivity contribution >= 4 is 16.9 Å². The molecule has 0 aliphatic rings. The van der Waals surface area contributed by atoms with Gasteiger partial charge in [0.1, 0.15) is 5.75 Å². The highest BCUT2D eigenvalue weighted by Gasteiger charge is 2.22. The maximum atomic E-state index is 11.8. The molecule has 0 bridgehead atoms. The van der Waals surface area contributed by atoms with E-state index in [4.69, 9.17) is 4.74 Å². The van der Waals surface area contributed by atoms with Crippen LogP contribution in [0.15, 0.2) is 60.8 Å². The van der Waals surface area contributed by atoms with Gasteiger partial charge in [-0.3, -0.25) is 0 Å². The van der Waals surface area contributed by atoms with Crippen LogP contribution in [-0.4, -0.2) is 22.2 Å². The summed E-state index contributed by atoms with van der Waals surface area (Å²) in [6.07, 6.45) is 1.81. The number of benzene rings is 2. The van der Waals surface area contributed by atoms with Crippen molar-refractivity contribution in [3.8, 4) is 5.75 Å². The molecule has 0 saturated carbocycles. The molecule has 3 rings (SSSR count). The Morgan fingerprint density at radius 2 is 1.95 bits per heavy atom. The van der Waals surface area contributed by atoms with Crippen molar-refractivity contribution in [3.05, 3.63) is 66.4 Å². The lowest BCUT2D eigenvalue weighted by molar-refractivity contribution is -0.139. The Morgan fingerprint density at radius 3 is 2.64 bits per heavy atom. The number of carbonyl (C=O) groups is 1. The number of nitrogens with zero attached hydrogens (tertiary/aromatic N) is 1. The van der Waals surface area contributed by atoms with Crippen LogP contribution < -0.4 is 4.74 Å². The molecule has 1 heterocycles. The van der Waals surface area contributed by atoms with Crippen LogP contribution in [-0.2, 0) is 4.79 Å². The van der Waals surface area contributed by atoms with Crippen LogP contribution in [0, 0.1) is 0 Å². The number of carboxylic acids is 1. The van der Waals surface area contributed by atoms with Crippen LogP contribution in [0.1, 0.15) is 18.5 Å². The van der Waals surface area contributed by atoms with Crippen molar-refractivity contribution in [2.45, 2.75) is 13.0 Å². The predicted molar refractivity (Wildman–Crippen MR) is 85.3 cm³/mol. The number of aliphatic carboxylic acids is 1. The first-order valence-corrected chi connectivity index (χ1v) is 7.22. The minimum absolute atomic E-state index is 0.605. The summed E-state index contributed by atoms with van der Waals surface area (Å²) in [4.78, 5) is 11.8. The van der Waals surface area contributed by atoms with E-state index in [1.165, 1.54) is 0 Å². The van der Waals surface area contributed by atoms with E-state index in [1.54, 1.807) is 4.57 Å². The van der Waals surface area contributed by atoms with Crippen LogP contribution in [0.5, 0.6) is 5.75 Å². The summed E-state index contributed by atoms with van der Waals surface area (Å²) >= 11 is 0. The van der Waals surface area contributed by atoms with Gasteiger partial charge in [-0.25, -0.2) is 4.79 Å². The molecule has 4 heteroatoms. The minimum atomic E-state index is -0.877. The van der Waals surface area contributed by atoms with Gasteiger partial charge in [0.25, 0.3) is 0 Å². The molecule has 2 aromatic carbocycles. The summed E-state index contributed by atoms with van der Waals surface area (Å²) in [7, 11) is 0. The summed E-state index contributed by atoms with van der Waals surface area (Å²) in [6, 6.07) is 16.1. The van der Waals surface area contributed by atoms with Crippen molar-refractivity contribution in [1.29, 1.82) is 0 Å². The lowest BCUT2D eigenvalue weighted by atomic mass is 10.1. The molecular weight excluding hydrogens is 278 g/mol. The molecule has 1 aromatic heterocycles. The highest BCUT2D eigenvalue weighted by atomic mass is 16.5. The Bertz CT molecular complexity index is 792. The van der Waals surface area contributed by atoms with E-state index in [2.05, 4.69) is 0 Å². The topological polar surface area (TPSA) is 51.5 Å². The van der Waals surface area contributed by atoms with Crippen LogP contribution in [0.4, 0.5) is 0 Å². The van der Waals surface area contributed by atoms with Crippen molar-refractivity contribution in [2.75, 3.05) is 6.61 Å². The number of rotatable bonds is 5. The number of ether oxygens (including phenoxy) is 1. The largest absolute Gasteiger partial charge is 0.494 e. The third kappa shape index (κ3) is 2.55. The van der Waals surface area contributed by atoms with Crippen LogP contribution in [0.2, 0.25) is 0 Å². The summed E-state index contributed by atoms with van der Waals surface area (Å²) in [5.74, 6) is -0.0862. The second kappa shape index (κ2) is 5.93. The molecule has 0 aliphatic carbocycles. The third-order valence-corrected chi connectivity index (χ3v) is 3.63. The van der Waals surface area contributed by atoms with Gasteiger partial charge in [-0.05, 0) is 36.8 Å². The number of fused-ring (bicyclic) bond motifs is 1. The normalized spacial score (nSPS) is 12.2. The van der Waals surface area contributed by atoms with E-state index in [0.717, 1.165) is 22.2 Å². The second-order valence-corrected chi connectivity index (χ2v) is 5.03. The van der Waals surface area contributed by atoms with Crippen LogP contribution >= 0.6 is 0 Å². The minimum Gasteiger partial charge on any atom is -0.494 e. The zero-order chi connectivity index (χ0) is 15.5. The third-order valence-electron chi connectivity index (χ3n) is 3.63. The van der Waals surface area contributed by atoms with Crippen molar-refractivity contribution in [1.82, 2.24) is 4.57 Å². The first kappa shape index (κ1) is 14.2. The lowest BCUT2D eigenvalue weighted by Crippen LogP contribution is -2.19. The molecule has 1 atom stereocenters. The molecule has 112 valence electrons. The van der Waals surface area contributed by atoms with Gasteiger partial charge in [0.15, 0.2) is 6.04 Å². The van der Waals surface area contributed by atoms with E-state index in [9.17, 15) is 9.90 Å². The van der Waals surface area contributed by atoms with E-state index in [0.29, 0.717) is 6.61 Å². The van der Waals surface area contributed by atoms with E-state index in [1.807, 2.05) is 67.7 Å². The van der Waals surface area contributed by atoms with Crippen molar-refractivity contribution in [3.63, 3.8) is 0 Å². The molecule has 22 heavy (non-hydrogen) atoms. The van der Waals surface area contributed by atoms with Crippen LogP contribution in [0.3, 0.4) is 0 Å². The second-order valence-electron chi connectivity index (χ2n) is 5.03. The Labute approximate surface area is 128 Å². The van der Waals surface area contributed by atoms with E-state index in [-0.39, 0.29) is 0 Å². The zero-order valence-corrected chi connectivity index (χ0v) is 12.3. The fraction of sp³-hybridized carbons (Fsp3) is 0.167. The van der Waals surface area contributed by atoms with Gasteiger partial charge in [-0.2, -0.15) is 0 Å². The number of hydrogen-bond donors (Lipinski definition) is 1. The SMILES string of the molecule is CCOc1ccc2c(ccn2C(C(=O)O)c2ccccc2)c1. The molecule has 3 aromatic rings. The average Bonchev–Trinajstić information content (AvgIpc) is 2.92. The summed E-state index contributed by atoms with van der Waals surface area (Å²) in [5, 5.41) is 10.6. The highest BCUT2D eigenvalue weighted by molar-refractivity contribution is 5.85. The van der Waals surface area contributed by atoms with Gasteiger partial charge < -0.3 is 14.4 Å². The molecule has 0 fully saturated rings. The van der Waals surface area contributed by atoms with Crippen molar-refractivity contribution < 1.29 is 14.6 Å². The molecule has 1 unspecified atom stereocenters.